The Kier molecular flexibility index (Phi) is 3.96. The molecule has 2 heteroatoms. The zero-order chi connectivity index (χ0) is 8.04. The zero-order valence-corrected chi connectivity index (χ0v) is 6.50. The van der Waals surface area contributed by atoms with E-state index in [4.69, 9.17) is 0 Å². The lowest BCUT2D eigenvalue weighted by molar-refractivity contribution is -0.104. The van der Waals surface area contributed by atoms with Gasteiger partial charge in [0.25, 0.3) is 0 Å². The van der Waals surface area contributed by atoms with Crippen molar-refractivity contribution in [3.63, 3.8) is 0 Å². The molecular weight excluding hydrogens is 128 g/mol. The Labute approximate surface area is 61.6 Å². The Bertz CT molecular complexity index is 125. The molecule has 1 N–H and O–H groups in total. The molecule has 1 atom stereocenters. The summed E-state index contributed by atoms with van der Waals surface area (Å²) < 4.78 is 0. The lowest BCUT2D eigenvalue weighted by Gasteiger charge is -2.18. The van der Waals surface area contributed by atoms with Crippen LogP contribution in [0.15, 0.2) is 12.2 Å². The highest BCUT2D eigenvalue weighted by molar-refractivity contribution is 5.64. The molecule has 0 radical (unpaired) electrons. The molecule has 0 amide bonds. The molecule has 10 heavy (non-hydrogen) atoms. The van der Waals surface area contributed by atoms with Gasteiger partial charge in [-0.15, -0.1) is 0 Å². The molecule has 2 nitrogen and oxygen atoms in total. The highest BCUT2D eigenvalue weighted by Gasteiger charge is 2.13. The van der Waals surface area contributed by atoms with Gasteiger partial charge in [-0.2, -0.15) is 0 Å². The van der Waals surface area contributed by atoms with Crippen molar-refractivity contribution in [2.24, 2.45) is 0 Å². The van der Waals surface area contributed by atoms with Crippen molar-refractivity contribution in [3.8, 4) is 0 Å². The van der Waals surface area contributed by atoms with Crippen LogP contribution in [-0.2, 0) is 4.79 Å². The van der Waals surface area contributed by atoms with Gasteiger partial charge < -0.3 is 5.11 Å². The number of carbonyl (C=O) groups excluding carboxylic acids is 1. The maximum absolute atomic E-state index is 9.81. The van der Waals surface area contributed by atoms with Crippen LogP contribution in [0.3, 0.4) is 0 Å². The lowest BCUT2D eigenvalue weighted by atomic mass is 9.99. The van der Waals surface area contributed by atoms with Crippen LogP contribution in [0.1, 0.15) is 26.7 Å². The third-order valence-electron chi connectivity index (χ3n) is 1.53. The van der Waals surface area contributed by atoms with E-state index in [2.05, 4.69) is 0 Å². The molecule has 0 spiro atoms. The van der Waals surface area contributed by atoms with E-state index in [1.54, 1.807) is 13.0 Å². The summed E-state index contributed by atoms with van der Waals surface area (Å²) in [4.78, 5) is 9.81. The van der Waals surface area contributed by atoms with Crippen molar-refractivity contribution in [3.05, 3.63) is 12.2 Å². The number of allylic oxidation sites excluding steroid dienone is 1. The Hall–Kier alpha value is -0.630. The molecule has 0 heterocycles. The lowest BCUT2D eigenvalue weighted by Crippen LogP contribution is -2.21. The second kappa shape index (κ2) is 4.23. The van der Waals surface area contributed by atoms with Crippen molar-refractivity contribution in [2.45, 2.75) is 32.3 Å². The minimum absolute atomic E-state index is 0.544. The third-order valence-corrected chi connectivity index (χ3v) is 1.53. The van der Waals surface area contributed by atoms with Crippen LogP contribution in [0, 0.1) is 0 Å². The standard InChI is InChI=1S/C8H14O2/c1-3-8(2,10)6-4-5-7-9/h4-5,7,10H,3,6H2,1-2H3/b5-4+. The summed E-state index contributed by atoms with van der Waals surface area (Å²) in [6, 6.07) is 0. The molecule has 0 aliphatic rings. The number of rotatable bonds is 4. The smallest absolute Gasteiger partial charge is 0.142 e. The molecule has 0 saturated carbocycles. The molecular formula is C8H14O2. The number of hydrogen-bond acceptors (Lipinski definition) is 2. The van der Waals surface area contributed by atoms with E-state index >= 15 is 0 Å². The summed E-state index contributed by atoms with van der Waals surface area (Å²) in [5.74, 6) is 0. The van der Waals surface area contributed by atoms with Crippen molar-refractivity contribution < 1.29 is 9.90 Å². The topological polar surface area (TPSA) is 37.3 Å². The van der Waals surface area contributed by atoms with Gasteiger partial charge in [0.05, 0.1) is 5.60 Å². The largest absolute Gasteiger partial charge is 0.390 e. The third kappa shape index (κ3) is 4.27. The van der Waals surface area contributed by atoms with Crippen LogP contribution in [0.25, 0.3) is 0 Å². The van der Waals surface area contributed by atoms with Crippen LogP contribution >= 0.6 is 0 Å². The van der Waals surface area contributed by atoms with Gasteiger partial charge in [0.1, 0.15) is 6.29 Å². The van der Waals surface area contributed by atoms with Crippen molar-refractivity contribution in [2.75, 3.05) is 0 Å². The first kappa shape index (κ1) is 9.37. The fourth-order valence-electron chi connectivity index (χ4n) is 0.522. The van der Waals surface area contributed by atoms with Gasteiger partial charge in [-0.05, 0) is 25.8 Å². The molecule has 0 rings (SSSR count). The quantitative estimate of drug-likeness (QED) is 0.474. The van der Waals surface area contributed by atoms with Crippen LogP contribution in [0.5, 0.6) is 0 Å². The number of carbonyl (C=O) groups is 1. The summed E-state index contributed by atoms with van der Waals surface area (Å²) >= 11 is 0. The van der Waals surface area contributed by atoms with E-state index < -0.39 is 5.60 Å². The summed E-state index contributed by atoms with van der Waals surface area (Å²) in [7, 11) is 0. The second-order valence-corrected chi connectivity index (χ2v) is 2.62. The number of aldehydes is 1. The highest BCUT2D eigenvalue weighted by Crippen LogP contribution is 2.13. The van der Waals surface area contributed by atoms with Crippen LogP contribution in [0.2, 0.25) is 0 Å². The van der Waals surface area contributed by atoms with Gasteiger partial charge in [-0.1, -0.05) is 13.0 Å². The van der Waals surface area contributed by atoms with Gasteiger partial charge in [-0.25, -0.2) is 0 Å². The van der Waals surface area contributed by atoms with Gasteiger partial charge in [0, 0.05) is 0 Å². The fraction of sp³-hybridized carbons (Fsp3) is 0.625. The molecule has 0 fully saturated rings. The molecule has 0 aromatic rings. The maximum Gasteiger partial charge on any atom is 0.142 e. The molecule has 58 valence electrons. The predicted molar refractivity (Wildman–Crippen MR) is 40.7 cm³/mol. The van der Waals surface area contributed by atoms with Crippen molar-refractivity contribution in [1.29, 1.82) is 0 Å². The van der Waals surface area contributed by atoms with Crippen molar-refractivity contribution in [1.82, 2.24) is 0 Å². The highest BCUT2D eigenvalue weighted by atomic mass is 16.3. The van der Waals surface area contributed by atoms with Gasteiger partial charge in [-0.3, -0.25) is 4.79 Å². The van der Waals surface area contributed by atoms with Gasteiger partial charge >= 0.3 is 0 Å². The Morgan fingerprint density at radius 3 is 2.60 bits per heavy atom. The first-order valence-corrected chi connectivity index (χ1v) is 3.45. The molecule has 0 aromatic carbocycles. The van der Waals surface area contributed by atoms with E-state index in [-0.39, 0.29) is 0 Å². The van der Waals surface area contributed by atoms with E-state index in [0.717, 1.165) is 0 Å². The molecule has 0 aliphatic heterocycles. The minimum atomic E-state index is -0.653. The molecule has 1 unspecified atom stereocenters. The zero-order valence-electron chi connectivity index (χ0n) is 6.50. The molecule has 0 saturated heterocycles. The first-order chi connectivity index (χ1) is 4.62. The average molecular weight is 142 g/mol. The minimum Gasteiger partial charge on any atom is -0.390 e. The van der Waals surface area contributed by atoms with E-state index in [9.17, 15) is 9.90 Å². The van der Waals surface area contributed by atoms with E-state index in [1.807, 2.05) is 6.92 Å². The summed E-state index contributed by atoms with van der Waals surface area (Å²) in [6.45, 7) is 3.66. The summed E-state index contributed by atoms with van der Waals surface area (Å²) in [6.07, 6.45) is 5.05. The Morgan fingerprint density at radius 2 is 2.20 bits per heavy atom. The average Bonchev–Trinajstić information content (AvgIpc) is 1.89. The molecule has 0 aliphatic carbocycles. The van der Waals surface area contributed by atoms with Crippen molar-refractivity contribution >= 4 is 6.29 Å². The Morgan fingerprint density at radius 1 is 1.60 bits per heavy atom. The molecule has 0 aromatic heterocycles. The summed E-state index contributed by atoms with van der Waals surface area (Å²) in [5.41, 5.74) is -0.653. The maximum atomic E-state index is 9.81. The van der Waals surface area contributed by atoms with E-state index in [1.165, 1.54) is 6.08 Å². The Balaban J connectivity index is 3.66. The predicted octanol–water partition coefficient (Wildman–Crippen LogP) is 1.29. The fourth-order valence-corrected chi connectivity index (χ4v) is 0.522. The monoisotopic (exact) mass is 142 g/mol. The SMILES string of the molecule is CCC(C)(O)C/C=C/C=O. The number of hydrogen-bond donors (Lipinski definition) is 1. The summed E-state index contributed by atoms with van der Waals surface area (Å²) in [5, 5.41) is 9.38. The molecule has 0 bridgehead atoms. The second-order valence-electron chi connectivity index (χ2n) is 2.62. The van der Waals surface area contributed by atoms with Crippen LogP contribution < -0.4 is 0 Å². The van der Waals surface area contributed by atoms with Crippen LogP contribution in [-0.4, -0.2) is 17.0 Å². The van der Waals surface area contributed by atoms with Gasteiger partial charge in [0.15, 0.2) is 0 Å². The number of aliphatic hydroxyl groups is 1. The normalized spacial score (nSPS) is 17.1. The first-order valence-electron chi connectivity index (χ1n) is 3.45. The van der Waals surface area contributed by atoms with Crippen LogP contribution in [0.4, 0.5) is 0 Å². The van der Waals surface area contributed by atoms with Gasteiger partial charge in [0.2, 0.25) is 0 Å². The van der Waals surface area contributed by atoms with E-state index in [0.29, 0.717) is 19.1 Å².